The first-order valence-corrected chi connectivity index (χ1v) is 6.98. The molecular weight excluding hydrogens is 244 g/mol. The van der Waals surface area contributed by atoms with Crippen LogP contribution in [0.2, 0.25) is 0 Å². The molecule has 0 fully saturated rings. The molecule has 0 unspecified atom stereocenters. The Bertz CT molecular complexity index is 444. The maximum absolute atomic E-state index is 10.0. The van der Waals surface area contributed by atoms with E-state index in [0.29, 0.717) is 6.42 Å². The molecular formula is C14H18N2OS. The fraction of sp³-hybridized carbons (Fsp3) is 0.357. The Balaban J connectivity index is 1.77. The van der Waals surface area contributed by atoms with Crippen molar-refractivity contribution >= 4 is 11.3 Å². The Morgan fingerprint density at radius 1 is 1.33 bits per heavy atom. The van der Waals surface area contributed by atoms with Gasteiger partial charge in [-0.15, -0.1) is 11.3 Å². The van der Waals surface area contributed by atoms with Gasteiger partial charge in [0, 0.05) is 23.7 Å². The first-order chi connectivity index (χ1) is 8.75. The van der Waals surface area contributed by atoms with Gasteiger partial charge in [0.1, 0.15) is 0 Å². The predicted octanol–water partition coefficient (Wildman–Crippen LogP) is 2.74. The lowest BCUT2D eigenvalue weighted by atomic mass is 10.1. The lowest BCUT2D eigenvalue weighted by Crippen LogP contribution is -2.27. The Morgan fingerprint density at radius 2 is 2.22 bits per heavy atom. The number of aromatic nitrogens is 1. The summed E-state index contributed by atoms with van der Waals surface area (Å²) < 4.78 is 0. The molecule has 2 rings (SSSR count). The first kappa shape index (κ1) is 13.2. The van der Waals surface area contributed by atoms with Gasteiger partial charge in [-0.05, 0) is 36.9 Å². The Hall–Kier alpha value is -1.23. The molecule has 0 aliphatic rings. The van der Waals surface area contributed by atoms with E-state index in [0.717, 1.165) is 17.1 Å². The van der Waals surface area contributed by atoms with Crippen molar-refractivity contribution in [2.45, 2.75) is 32.0 Å². The van der Waals surface area contributed by atoms with Crippen molar-refractivity contribution < 1.29 is 5.11 Å². The topological polar surface area (TPSA) is 45.1 Å². The number of hydrogen-bond donors (Lipinski definition) is 2. The zero-order valence-electron chi connectivity index (χ0n) is 10.4. The summed E-state index contributed by atoms with van der Waals surface area (Å²) in [7, 11) is 0. The number of aliphatic hydroxyl groups excluding tert-OH is 1. The molecule has 0 aliphatic carbocycles. The van der Waals surface area contributed by atoms with E-state index in [1.165, 1.54) is 0 Å². The number of rotatable bonds is 6. The van der Waals surface area contributed by atoms with Gasteiger partial charge in [0.25, 0.3) is 0 Å². The summed E-state index contributed by atoms with van der Waals surface area (Å²) in [4.78, 5) is 5.29. The zero-order valence-corrected chi connectivity index (χ0v) is 11.2. The van der Waals surface area contributed by atoms with E-state index in [1.54, 1.807) is 17.5 Å². The molecule has 0 radical (unpaired) electrons. The highest BCUT2D eigenvalue weighted by Crippen LogP contribution is 2.22. The summed E-state index contributed by atoms with van der Waals surface area (Å²) in [6.07, 6.45) is 2.13. The summed E-state index contributed by atoms with van der Waals surface area (Å²) in [5, 5.41) is 15.4. The van der Waals surface area contributed by atoms with E-state index < -0.39 is 0 Å². The second-order valence-corrected chi connectivity index (χ2v) is 5.35. The maximum atomic E-state index is 10.0. The van der Waals surface area contributed by atoms with Crippen LogP contribution in [0.1, 0.15) is 30.0 Å². The molecule has 0 aromatic carbocycles. The minimum atomic E-state index is -0.378. The van der Waals surface area contributed by atoms with Gasteiger partial charge in [-0.2, -0.15) is 0 Å². The molecule has 0 bridgehead atoms. The quantitative estimate of drug-likeness (QED) is 0.841. The lowest BCUT2D eigenvalue weighted by Gasteiger charge is -2.16. The second-order valence-electron chi connectivity index (χ2n) is 4.37. The summed E-state index contributed by atoms with van der Waals surface area (Å²) in [6.45, 7) is 2.82. The standard InChI is InChI=1S/C14H18N2OS/c1-11(9-13(17)14-6-4-8-18-14)16-10-12-5-2-3-7-15-12/h2-8,11,13,16-17H,9-10H2,1H3/t11-,13-/m1/s1. The summed E-state index contributed by atoms with van der Waals surface area (Å²) in [5.74, 6) is 0. The fourth-order valence-electron chi connectivity index (χ4n) is 1.80. The van der Waals surface area contributed by atoms with Crippen LogP contribution < -0.4 is 5.32 Å². The highest BCUT2D eigenvalue weighted by molar-refractivity contribution is 7.10. The molecule has 18 heavy (non-hydrogen) atoms. The van der Waals surface area contributed by atoms with Crippen LogP contribution in [-0.4, -0.2) is 16.1 Å². The number of aliphatic hydroxyl groups is 1. The number of hydrogen-bond acceptors (Lipinski definition) is 4. The van der Waals surface area contributed by atoms with Crippen molar-refractivity contribution in [3.63, 3.8) is 0 Å². The summed E-state index contributed by atoms with van der Waals surface area (Å²) in [5.41, 5.74) is 1.02. The average molecular weight is 262 g/mol. The molecule has 0 saturated heterocycles. The van der Waals surface area contributed by atoms with Gasteiger partial charge in [-0.1, -0.05) is 12.1 Å². The molecule has 0 amide bonds. The number of pyridine rings is 1. The van der Waals surface area contributed by atoms with Crippen LogP contribution in [0.4, 0.5) is 0 Å². The van der Waals surface area contributed by atoms with Gasteiger partial charge < -0.3 is 10.4 Å². The van der Waals surface area contributed by atoms with E-state index in [-0.39, 0.29) is 12.1 Å². The van der Waals surface area contributed by atoms with Crippen LogP contribution in [0.25, 0.3) is 0 Å². The first-order valence-electron chi connectivity index (χ1n) is 6.10. The molecule has 2 aromatic heterocycles. The maximum Gasteiger partial charge on any atom is 0.0896 e. The minimum Gasteiger partial charge on any atom is -0.388 e. The monoisotopic (exact) mass is 262 g/mol. The fourth-order valence-corrected chi connectivity index (χ4v) is 2.52. The minimum absolute atomic E-state index is 0.254. The van der Waals surface area contributed by atoms with E-state index in [1.807, 2.05) is 35.7 Å². The van der Waals surface area contributed by atoms with Crippen molar-refractivity contribution in [3.8, 4) is 0 Å². The SMILES string of the molecule is C[C@H](C[C@@H](O)c1cccs1)NCc1ccccn1. The normalized spacial score (nSPS) is 14.3. The third-order valence-corrected chi connectivity index (χ3v) is 3.78. The van der Waals surface area contributed by atoms with Gasteiger partial charge in [-0.3, -0.25) is 4.98 Å². The molecule has 2 aromatic rings. The number of nitrogens with one attached hydrogen (secondary N) is 1. The Labute approximate surface area is 112 Å². The molecule has 2 heterocycles. The van der Waals surface area contributed by atoms with Crippen LogP contribution in [0.5, 0.6) is 0 Å². The third-order valence-electron chi connectivity index (χ3n) is 2.81. The molecule has 0 spiro atoms. The highest BCUT2D eigenvalue weighted by atomic mass is 32.1. The van der Waals surface area contributed by atoms with Crippen LogP contribution in [0, 0.1) is 0 Å². The molecule has 2 atom stereocenters. The highest BCUT2D eigenvalue weighted by Gasteiger charge is 2.12. The predicted molar refractivity (Wildman–Crippen MR) is 74.4 cm³/mol. The third kappa shape index (κ3) is 3.91. The molecule has 96 valence electrons. The number of thiophene rings is 1. The molecule has 3 nitrogen and oxygen atoms in total. The van der Waals surface area contributed by atoms with Crippen molar-refractivity contribution in [1.29, 1.82) is 0 Å². The molecule has 0 saturated carbocycles. The van der Waals surface area contributed by atoms with Crippen LogP contribution in [0.15, 0.2) is 41.9 Å². The van der Waals surface area contributed by atoms with Gasteiger partial charge >= 0.3 is 0 Å². The van der Waals surface area contributed by atoms with Crippen molar-refractivity contribution in [2.24, 2.45) is 0 Å². The van der Waals surface area contributed by atoms with Crippen molar-refractivity contribution in [3.05, 3.63) is 52.5 Å². The molecule has 2 N–H and O–H groups in total. The van der Waals surface area contributed by atoms with Crippen LogP contribution in [0.3, 0.4) is 0 Å². The van der Waals surface area contributed by atoms with Crippen molar-refractivity contribution in [2.75, 3.05) is 0 Å². The van der Waals surface area contributed by atoms with E-state index in [4.69, 9.17) is 0 Å². The molecule has 0 aliphatic heterocycles. The van der Waals surface area contributed by atoms with Gasteiger partial charge in [-0.25, -0.2) is 0 Å². The van der Waals surface area contributed by atoms with Crippen LogP contribution >= 0.6 is 11.3 Å². The Morgan fingerprint density at radius 3 is 2.89 bits per heavy atom. The smallest absolute Gasteiger partial charge is 0.0896 e. The second kappa shape index (κ2) is 6.64. The van der Waals surface area contributed by atoms with Gasteiger partial charge in [0.15, 0.2) is 0 Å². The van der Waals surface area contributed by atoms with Crippen LogP contribution in [-0.2, 0) is 6.54 Å². The average Bonchev–Trinajstić information content (AvgIpc) is 2.91. The largest absolute Gasteiger partial charge is 0.388 e. The zero-order chi connectivity index (χ0) is 12.8. The number of nitrogens with zero attached hydrogens (tertiary/aromatic N) is 1. The van der Waals surface area contributed by atoms with Crippen molar-refractivity contribution in [1.82, 2.24) is 10.3 Å². The summed E-state index contributed by atoms with van der Waals surface area (Å²) in [6, 6.07) is 10.1. The van der Waals surface area contributed by atoms with E-state index in [9.17, 15) is 5.11 Å². The van der Waals surface area contributed by atoms with E-state index in [2.05, 4.69) is 17.2 Å². The lowest BCUT2D eigenvalue weighted by molar-refractivity contribution is 0.157. The van der Waals surface area contributed by atoms with E-state index >= 15 is 0 Å². The molecule has 4 heteroatoms. The summed E-state index contributed by atoms with van der Waals surface area (Å²) >= 11 is 1.60. The van der Waals surface area contributed by atoms with Gasteiger partial charge in [0.05, 0.1) is 11.8 Å². The Kier molecular flexibility index (Phi) is 4.87. The van der Waals surface area contributed by atoms with Gasteiger partial charge in [0.2, 0.25) is 0 Å².